The van der Waals surface area contributed by atoms with E-state index in [-0.39, 0.29) is 29.4 Å². The molecule has 1 aromatic carbocycles. The maximum atomic E-state index is 12.4. The molecule has 2 heterocycles. The lowest BCUT2D eigenvalue weighted by molar-refractivity contribution is -0.145. The molecule has 1 aromatic heterocycles. The predicted octanol–water partition coefficient (Wildman–Crippen LogP) is -0.833. The van der Waals surface area contributed by atoms with Crippen LogP contribution in [0.15, 0.2) is 29.1 Å². The molecule has 14 nitrogen and oxygen atoms in total. The first-order valence-electron chi connectivity index (χ1n) is 10.5. The summed E-state index contributed by atoms with van der Waals surface area (Å²) in [6, 6.07) is 4.54. The number of amides is 1. The van der Waals surface area contributed by atoms with Gasteiger partial charge >= 0.3 is 11.9 Å². The number of rotatable bonds is 10. The lowest BCUT2D eigenvalue weighted by Gasteiger charge is -2.35. The number of aromatic amines is 1. The monoisotopic (exact) mass is 487 g/mol. The van der Waals surface area contributed by atoms with Crippen LogP contribution in [-0.2, 0) is 14.4 Å². The molecule has 1 amide bonds. The SMILES string of the molecule is CN1c2c(nc(N)[nH]c2=O)NC[C@@H]1CNc1ccc(C(=O)N[C@@H](CC(C=O)C(=O)O)C(=O)O)cc1. The van der Waals surface area contributed by atoms with Crippen molar-refractivity contribution >= 4 is 47.3 Å². The normalized spacial score (nSPS) is 16.3. The highest BCUT2D eigenvalue weighted by atomic mass is 16.4. The molecule has 1 aliphatic rings. The number of nitrogens with zero attached hydrogens (tertiary/aromatic N) is 2. The van der Waals surface area contributed by atoms with Gasteiger partial charge in [-0.05, 0) is 30.7 Å². The predicted molar refractivity (Wildman–Crippen MR) is 126 cm³/mol. The second-order valence-corrected chi connectivity index (χ2v) is 7.93. The zero-order valence-corrected chi connectivity index (χ0v) is 18.6. The van der Waals surface area contributed by atoms with Gasteiger partial charge in [0.25, 0.3) is 11.5 Å². The summed E-state index contributed by atoms with van der Waals surface area (Å²) in [5.74, 6) is -4.77. The number of carboxylic acids is 2. The Balaban J connectivity index is 1.60. The highest BCUT2D eigenvalue weighted by Gasteiger charge is 2.29. The van der Waals surface area contributed by atoms with Gasteiger partial charge in [-0.2, -0.15) is 4.98 Å². The molecule has 186 valence electrons. The number of nitrogens with one attached hydrogen (secondary N) is 4. The summed E-state index contributed by atoms with van der Waals surface area (Å²) in [5.41, 5.74) is 6.42. The molecule has 0 saturated heterocycles. The van der Waals surface area contributed by atoms with Crippen LogP contribution in [0.2, 0.25) is 0 Å². The Labute approximate surface area is 198 Å². The van der Waals surface area contributed by atoms with Gasteiger partial charge in [0, 0.05) is 31.4 Å². The molecule has 14 heteroatoms. The van der Waals surface area contributed by atoms with E-state index in [0.29, 0.717) is 30.3 Å². The number of likely N-dealkylation sites (N-methyl/N-ethyl adjacent to an activating group) is 1. The van der Waals surface area contributed by atoms with E-state index in [0.717, 1.165) is 0 Å². The van der Waals surface area contributed by atoms with Gasteiger partial charge in [-0.1, -0.05) is 0 Å². The first-order chi connectivity index (χ1) is 16.6. The van der Waals surface area contributed by atoms with Crippen molar-refractivity contribution in [2.75, 3.05) is 41.4 Å². The Kier molecular flexibility index (Phi) is 7.53. The number of aliphatic carboxylic acids is 2. The van der Waals surface area contributed by atoms with E-state index in [1.165, 1.54) is 12.1 Å². The standard InChI is InChI=1S/C21H25N7O7/c1-28-13(8-24-16-15(28)18(31)27-21(22)26-16)7-23-12-4-2-10(3-5-12)17(30)25-14(20(34)35)6-11(9-29)19(32)33/h2-5,9,11,13-14,23H,6-8H2,1H3,(H,25,30)(H,32,33)(H,34,35)(H4,22,24,26,27,31)/t11?,13-,14-/m0/s1. The molecule has 3 rings (SSSR count). The molecule has 2 aromatic rings. The van der Waals surface area contributed by atoms with Gasteiger partial charge in [0.1, 0.15) is 23.9 Å². The molecule has 1 aliphatic heterocycles. The van der Waals surface area contributed by atoms with E-state index < -0.39 is 36.2 Å². The number of aromatic nitrogens is 2. The minimum absolute atomic E-state index is 0.0236. The fourth-order valence-corrected chi connectivity index (χ4v) is 3.58. The summed E-state index contributed by atoms with van der Waals surface area (Å²) in [5, 5.41) is 26.7. The number of anilines is 4. The van der Waals surface area contributed by atoms with Crippen molar-refractivity contribution in [3.05, 3.63) is 40.2 Å². The van der Waals surface area contributed by atoms with E-state index in [1.807, 2.05) is 0 Å². The Morgan fingerprint density at radius 2 is 1.94 bits per heavy atom. The lowest BCUT2D eigenvalue weighted by Crippen LogP contribution is -2.48. The lowest BCUT2D eigenvalue weighted by atomic mass is 10.0. The van der Waals surface area contributed by atoms with Crippen molar-refractivity contribution < 1.29 is 29.4 Å². The number of carbonyl (C=O) groups is 4. The molecule has 8 N–H and O–H groups in total. The number of carbonyl (C=O) groups excluding carboxylic acids is 2. The van der Waals surface area contributed by atoms with E-state index in [2.05, 4.69) is 25.9 Å². The molecule has 35 heavy (non-hydrogen) atoms. The Morgan fingerprint density at radius 1 is 1.26 bits per heavy atom. The molecule has 0 saturated carbocycles. The highest BCUT2D eigenvalue weighted by molar-refractivity contribution is 5.97. The fraction of sp³-hybridized carbons (Fsp3) is 0.333. The maximum absolute atomic E-state index is 12.4. The minimum Gasteiger partial charge on any atom is -0.481 e. The van der Waals surface area contributed by atoms with Gasteiger partial charge in [-0.3, -0.25) is 19.4 Å². The zero-order chi connectivity index (χ0) is 25.7. The van der Waals surface area contributed by atoms with Crippen LogP contribution in [0.3, 0.4) is 0 Å². The average molecular weight is 487 g/mol. The Bertz CT molecular complexity index is 1180. The van der Waals surface area contributed by atoms with Crippen LogP contribution in [0.25, 0.3) is 0 Å². The van der Waals surface area contributed by atoms with Gasteiger partial charge < -0.3 is 41.6 Å². The summed E-state index contributed by atoms with van der Waals surface area (Å²) in [6.07, 6.45) is -0.443. The Hall–Kier alpha value is -4.62. The Morgan fingerprint density at radius 3 is 2.54 bits per heavy atom. The number of nitrogen functional groups attached to an aromatic ring is 1. The van der Waals surface area contributed by atoms with Crippen molar-refractivity contribution in [2.45, 2.75) is 18.5 Å². The van der Waals surface area contributed by atoms with Gasteiger partial charge in [0.2, 0.25) is 5.95 Å². The quantitative estimate of drug-likeness (QED) is 0.161. The van der Waals surface area contributed by atoms with E-state index in [1.54, 1.807) is 24.1 Å². The molecular formula is C21H25N7O7. The van der Waals surface area contributed by atoms with Gasteiger partial charge in [0.05, 0.1) is 6.04 Å². The summed E-state index contributed by atoms with van der Waals surface area (Å²) < 4.78 is 0. The second-order valence-electron chi connectivity index (χ2n) is 7.93. The van der Waals surface area contributed by atoms with Crippen molar-refractivity contribution in [3.8, 4) is 0 Å². The molecular weight excluding hydrogens is 462 g/mol. The van der Waals surface area contributed by atoms with Gasteiger partial charge in [-0.25, -0.2) is 4.79 Å². The van der Waals surface area contributed by atoms with Gasteiger partial charge in [0.15, 0.2) is 5.82 Å². The number of aldehydes is 1. The largest absolute Gasteiger partial charge is 0.481 e. The number of H-pyrrole nitrogens is 1. The van der Waals surface area contributed by atoms with Crippen molar-refractivity contribution in [2.24, 2.45) is 5.92 Å². The number of hydrogen-bond acceptors (Lipinski definition) is 10. The number of fused-ring (bicyclic) bond motifs is 1. The molecule has 3 atom stereocenters. The highest BCUT2D eigenvalue weighted by Crippen LogP contribution is 2.25. The van der Waals surface area contributed by atoms with Crippen LogP contribution < -0.4 is 32.1 Å². The van der Waals surface area contributed by atoms with Crippen molar-refractivity contribution in [1.29, 1.82) is 0 Å². The summed E-state index contributed by atoms with van der Waals surface area (Å²) in [7, 11) is 1.77. The van der Waals surface area contributed by atoms with Gasteiger partial charge in [-0.15, -0.1) is 0 Å². The maximum Gasteiger partial charge on any atom is 0.326 e. The molecule has 0 spiro atoms. The van der Waals surface area contributed by atoms with Crippen molar-refractivity contribution in [3.63, 3.8) is 0 Å². The van der Waals surface area contributed by atoms with Crippen LogP contribution in [0.5, 0.6) is 0 Å². The van der Waals surface area contributed by atoms with Crippen LogP contribution in [0.4, 0.5) is 23.1 Å². The van der Waals surface area contributed by atoms with Crippen molar-refractivity contribution in [1.82, 2.24) is 15.3 Å². The van der Waals surface area contributed by atoms with E-state index >= 15 is 0 Å². The molecule has 0 fully saturated rings. The second kappa shape index (κ2) is 10.5. The number of hydrogen-bond donors (Lipinski definition) is 7. The molecule has 0 aliphatic carbocycles. The topological polar surface area (TPSA) is 220 Å². The van der Waals surface area contributed by atoms with Crippen LogP contribution in [0, 0.1) is 5.92 Å². The minimum atomic E-state index is -1.55. The smallest absolute Gasteiger partial charge is 0.326 e. The first kappa shape index (κ1) is 25.0. The summed E-state index contributed by atoms with van der Waals surface area (Å²) in [6.45, 7) is 0.948. The fourth-order valence-electron chi connectivity index (χ4n) is 3.58. The molecule has 1 unspecified atom stereocenters. The summed E-state index contributed by atoms with van der Waals surface area (Å²) in [4.78, 5) is 66.3. The summed E-state index contributed by atoms with van der Waals surface area (Å²) >= 11 is 0. The third kappa shape index (κ3) is 5.85. The number of benzene rings is 1. The zero-order valence-electron chi connectivity index (χ0n) is 18.6. The average Bonchev–Trinajstić information content (AvgIpc) is 2.80. The molecule has 0 bridgehead atoms. The number of nitrogens with two attached hydrogens (primary N) is 1. The van der Waals surface area contributed by atoms with Crippen LogP contribution in [-0.4, -0.2) is 76.5 Å². The third-order valence-corrected chi connectivity index (χ3v) is 5.58. The van der Waals surface area contributed by atoms with E-state index in [4.69, 9.17) is 10.8 Å². The third-order valence-electron chi connectivity index (χ3n) is 5.58. The molecule has 0 radical (unpaired) electrons. The number of carboxylic acid groups (broad SMARTS) is 2. The first-order valence-corrected chi connectivity index (χ1v) is 10.5. The van der Waals surface area contributed by atoms with Crippen LogP contribution >= 0.6 is 0 Å². The van der Waals surface area contributed by atoms with E-state index in [9.17, 15) is 29.1 Å². The van der Waals surface area contributed by atoms with Crippen LogP contribution in [0.1, 0.15) is 16.8 Å².